The summed E-state index contributed by atoms with van der Waals surface area (Å²) in [5, 5.41) is 23.3. The van der Waals surface area contributed by atoms with E-state index < -0.39 is 12.1 Å². The van der Waals surface area contributed by atoms with E-state index in [1.165, 1.54) is 205 Å². The number of nitrogens with one attached hydrogen (secondary N) is 1. The molecule has 3 N–H and O–H groups in total. The molecule has 0 heterocycles. The number of carbonyl (C=O) groups excluding carboxylic acids is 2. The summed E-state index contributed by atoms with van der Waals surface area (Å²) in [6, 6.07) is -0.559. The van der Waals surface area contributed by atoms with Crippen LogP contribution in [-0.4, -0.2) is 47.4 Å². The minimum absolute atomic E-state index is 0.0219. The molecule has 0 aromatic carbocycles. The fraction of sp³-hybridized carbons (Fsp3) is 0.869. The van der Waals surface area contributed by atoms with Crippen LogP contribution in [0.3, 0.4) is 0 Å². The molecule has 67 heavy (non-hydrogen) atoms. The van der Waals surface area contributed by atoms with E-state index in [2.05, 4.69) is 55.6 Å². The van der Waals surface area contributed by atoms with E-state index >= 15 is 0 Å². The summed E-state index contributed by atoms with van der Waals surface area (Å²) in [5.74, 6) is -0.0782. The number of hydrogen-bond donors (Lipinski definition) is 3. The maximum absolute atomic E-state index is 12.5. The van der Waals surface area contributed by atoms with Crippen LogP contribution in [0.15, 0.2) is 36.5 Å². The van der Waals surface area contributed by atoms with Crippen LogP contribution < -0.4 is 5.32 Å². The average molecular weight is 943 g/mol. The summed E-state index contributed by atoms with van der Waals surface area (Å²) < 4.78 is 5.46. The van der Waals surface area contributed by atoms with E-state index in [1.807, 2.05) is 0 Å². The van der Waals surface area contributed by atoms with Gasteiger partial charge in [0, 0.05) is 12.8 Å². The third-order valence-corrected chi connectivity index (χ3v) is 13.7. The third-order valence-electron chi connectivity index (χ3n) is 13.7. The van der Waals surface area contributed by atoms with Crippen molar-refractivity contribution >= 4 is 11.9 Å². The summed E-state index contributed by atoms with van der Waals surface area (Å²) in [4.78, 5) is 24.6. The number of allylic oxidation sites excluding steroid dienone is 6. The Kier molecular flexibility index (Phi) is 55.0. The number of hydrogen-bond acceptors (Lipinski definition) is 5. The molecule has 0 aliphatic heterocycles. The van der Waals surface area contributed by atoms with Crippen LogP contribution in [0.1, 0.15) is 316 Å². The van der Waals surface area contributed by atoms with Crippen molar-refractivity contribution in [3.05, 3.63) is 36.5 Å². The van der Waals surface area contributed by atoms with Crippen LogP contribution in [0, 0.1) is 0 Å². The fourth-order valence-electron chi connectivity index (χ4n) is 9.10. The zero-order valence-electron chi connectivity index (χ0n) is 44.9. The molecule has 0 fully saturated rings. The van der Waals surface area contributed by atoms with Crippen molar-refractivity contribution in [1.29, 1.82) is 0 Å². The van der Waals surface area contributed by atoms with Gasteiger partial charge >= 0.3 is 5.97 Å². The van der Waals surface area contributed by atoms with E-state index in [0.29, 0.717) is 25.9 Å². The monoisotopic (exact) mass is 942 g/mol. The smallest absolute Gasteiger partial charge is 0.305 e. The van der Waals surface area contributed by atoms with Gasteiger partial charge in [-0.3, -0.25) is 9.59 Å². The molecule has 0 aromatic rings. The molecule has 0 saturated heterocycles. The molecule has 1 amide bonds. The van der Waals surface area contributed by atoms with Crippen molar-refractivity contribution in [2.24, 2.45) is 0 Å². The summed E-state index contributed by atoms with van der Waals surface area (Å²) in [6.45, 7) is 4.90. The van der Waals surface area contributed by atoms with Gasteiger partial charge in [-0.25, -0.2) is 0 Å². The number of rotatable bonds is 55. The molecule has 0 radical (unpaired) electrons. The Hall–Kier alpha value is -1.92. The largest absolute Gasteiger partial charge is 0.466 e. The van der Waals surface area contributed by atoms with E-state index in [4.69, 9.17) is 4.74 Å². The van der Waals surface area contributed by atoms with E-state index in [0.717, 1.165) is 77.0 Å². The number of carbonyl (C=O) groups is 2. The zero-order valence-corrected chi connectivity index (χ0v) is 44.9. The molecular formula is C61H115NO5. The van der Waals surface area contributed by atoms with Gasteiger partial charge in [-0.2, -0.15) is 0 Å². The number of aliphatic hydroxyl groups excluding tert-OH is 2. The van der Waals surface area contributed by atoms with E-state index in [9.17, 15) is 19.8 Å². The summed E-state index contributed by atoms with van der Waals surface area (Å²) in [7, 11) is 0. The highest BCUT2D eigenvalue weighted by molar-refractivity contribution is 5.76. The lowest BCUT2D eigenvalue weighted by Crippen LogP contribution is -2.45. The van der Waals surface area contributed by atoms with Gasteiger partial charge in [0.15, 0.2) is 0 Å². The first kappa shape index (κ1) is 65.1. The van der Waals surface area contributed by atoms with Crippen LogP contribution in [0.5, 0.6) is 0 Å². The number of ether oxygens (including phenoxy) is 1. The first-order chi connectivity index (χ1) is 33.0. The lowest BCUT2D eigenvalue weighted by atomic mass is 10.0. The fourth-order valence-corrected chi connectivity index (χ4v) is 9.10. The maximum Gasteiger partial charge on any atom is 0.305 e. The van der Waals surface area contributed by atoms with Crippen molar-refractivity contribution in [3.63, 3.8) is 0 Å². The number of unbranched alkanes of at least 4 members (excludes halogenated alkanes) is 39. The predicted octanol–water partition coefficient (Wildman–Crippen LogP) is 18.4. The van der Waals surface area contributed by atoms with Gasteiger partial charge in [0.2, 0.25) is 5.91 Å². The molecule has 6 nitrogen and oxygen atoms in total. The number of amides is 1. The lowest BCUT2D eigenvalue weighted by molar-refractivity contribution is -0.143. The Bertz CT molecular complexity index is 1090. The summed E-state index contributed by atoms with van der Waals surface area (Å²) in [6.07, 6.45) is 69.9. The first-order valence-electron chi connectivity index (χ1n) is 29.8. The van der Waals surface area contributed by atoms with Crippen molar-refractivity contribution in [3.8, 4) is 0 Å². The molecular weight excluding hydrogens is 827 g/mol. The Morgan fingerprint density at radius 3 is 1.15 bits per heavy atom. The Morgan fingerprint density at radius 1 is 0.418 bits per heavy atom. The van der Waals surface area contributed by atoms with Gasteiger partial charge in [0.25, 0.3) is 0 Å². The molecule has 0 bridgehead atoms. The zero-order chi connectivity index (χ0) is 48.6. The van der Waals surface area contributed by atoms with Crippen molar-refractivity contribution < 1.29 is 24.5 Å². The quantitative estimate of drug-likeness (QED) is 0.0244. The topological polar surface area (TPSA) is 95.9 Å². The molecule has 0 saturated carbocycles. The predicted molar refractivity (Wildman–Crippen MR) is 292 cm³/mol. The first-order valence-corrected chi connectivity index (χ1v) is 29.8. The van der Waals surface area contributed by atoms with Gasteiger partial charge in [-0.15, -0.1) is 0 Å². The standard InChI is InChI=1S/C61H115NO5/c1-3-5-7-9-11-13-15-17-19-21-22-23-27-31-35-39-43-47-51-55-61(66)67-56-52-48-44-40-36-32-28-24-26-30-34-38-42-46-50-54-60(65)62-58(57-63)59(64)53-49-45-41-37-33-29-25-20-18-16-14-12-10-8-6-4-2/h17,19,24,28,32,36,58-59,63-64H,3-16,18,20-23,25-27,29-31,33-35,37-57H2,1-2H3,(H,62,65)/b19-17-,28-24-,36-32-. The maximum atomic E-state index is 12.5. The molecule has 0 aliphatic rings. The van der Waals surface area contributed by atoms with Crippen molar-refractivity contribution in [2.75, 3.05) is 13.2 Å². The second kappa shape index (κ2) is 56.7. The lowest BCUT2D eigenvalue weighted by Gasteiger charge is -2.22. The Labute approximate surface area is 417 Å². The number of aliphatic hydroxyl groups is 2. The van der Waals surface area contributed by atoms with Crippen LogP contribution in [-0.2, 0) is 14.3 Å². The van der Waals surface area contributed by atoms with Crippen molar-refractivity contribution in [2.45, 2.75) is 328 Å². The van der Waals surface area contributed by atoms with E-state index in [-0.39, 0.29) is 18.5 Å². The molecule has 0 aromatic heterocycles. The molecule has 2 atom stereocenters. The summed E-state index contributed by atoms with van der Waals surface area (Å²) in [5.41, 5.74) is 0. The molecule has 6 heteroatoms. The highest BCUT2D eigenvalue weighted by Crippen LogP contribution is 2.17. The van der Waals surface area contributed by atoms with Crippen LogP contribution in [0.2, 0.25) is 0 Å². The van der Waals surface area contributed by atoms with Gasteiger partial charge in [0.1, 0.15) is 0 Å². The van der Waals surface area contributed by atoms with Crippen LogP contribution >= 0.6 is 0 Å². The van der Waals surface area contributed by atoms with Crippen molar-refractivity contribution in [1.82, 2.24) is 5.32 Å². The van der Waals surface area contributed by atoms with Crippen LogP contribution in [0.25, 0.3) is 0 Å². The minimum atomic E-state index is -0.679. The highest BCUT2D eigenvalue weighted by atomic mass is 16.5. The molecule has 0 spiro atoms. The second-order valence-corrected chi connectivity index (χ2v) is 20.4. The third kappa shape index (κ3) is 53.3. The Balaban J connectivity index is 3.50. The van der Waals surface area contributed by atoms with Crippen LogP contribution in [0.4, 0.5) is 0 Å². The normalized spacial score (nSPS) is 12.8. The van der Waals surface area contributed by atoms with Gasteiger partial charge in [0.05, 0.1) is 25.4 Å². The average Bonchev–Trinajstić information content (AvgIpc) is 3.33. The molecule has 0 aliphatic carbocycles. The van der Waals surface area contributed by atoms with Gasteiger partial charge < -0.3 is 20.3 Å². The Morgan fingerprint density at radius 2 is 0.746 bits per heavy atom. The second-order valence-electron chi connectivity index (χ2n) is 20.4. The molecule has 2 unspecified atom stereocenters. The minimum Gasteiger partial charge on any atom is -0.466 e. The highest BCUT2D eigenvalue weighted by Gasteiger charge is 2.20. The van der Waals surface area contributed by atoms with E-state index in [1.54, 1.807) is 0 Å². The summed E-state index contributed by atoms with van der Waals surface area (Å²) >= 11 is 0. The van der Waals surface area contributed by atoms with Gasteiger partial charge in [-0.1, -0.05) is 256 Å². The molecule has 394 valence electrons. The van der Waals surface area contributed by atoms with Gasteiger partial charge in [-0.05, 0) is 83.5 Å². The SMILES string of the molecule is CCCCCCCC/C=C\CCCCCCCCCCCC(=O)OCCCCC/C=C\C=C/CCCCCCCCC(=O)NC(CO)C(O)CCCCCCCCCCCCCCCCCC. The number of esters is 1. The molecule has 0 rings (SSSR count).